The van der Waals surface area contributed by atoms with Gasteiger partial charge in [0.15, 0.2) is 4.47 Å². The predicted octanol–water partition coefficient (Wildman–Crippen LogP) is 6.26. The molecule has 2 aliphatic heterocycles. The van der Waals surface area contributed by atoms with E-state index in [1.54, 1.807) is 6.20 Å². The van der Waals surface area contributed by atoms with Crippen molar-refractivity contribution in [2.24, 2.45) is 0 Å². The first-order chi connectivity index (χ1) is 17.5. The minimum Gasteiger partial charge on any atom is -0.372 e. The zero-order valence-electron chi connectivity index (χ0n) is 19.5. The summed E-state index contributed by atoms with van der Waals surface area (Å²) in [7, 11) is 0. The molecule has 4 aromatic rings. The summed E-state index contributed by atoms with van der Waals surface area (Å²) in [4.78, 5) is 20.9. The van der Waals surface area contributed by atoms with Gasteiger partial charge in [0.25, 0.3) is 0 Å². The van der Waals surface area contributed by atoms with Gasteiger partial charge in [-0.2, -0.15) is 0 Å². The van der Waals surface area contributed by atoms with Gasteiger partial charge >= 0.3 is 6.03 Å². The van der Waals surface area contributed by atoms with Gasteiger partial charge in [0.2, 0.25) is 0 Å². The first-order valence-corrected chi connectivity index (χ1v) is 13.4. The monoisotopic (exact) mass is 538 g/mol. The summed E-state index contributed by atoms with van der Waals surface area (Å²) in [5, 5.41) is 4.94. The number of aromatic nitrogens is 2. The number of rotatable bonds is 5. The molecular weight excluding hydrogens is 515 g/mol. The third kappa shape index (κ3) is 4.69. The molecule has 0 aliphatic carbocycles. The van der Waals surface area contributed by atoms with Crippen LogP contribution < -0.4 is 5.32 Å². The van der Waals surface area contributed by atoms with Crippen molar-refractivity contribution in [3.63, 3.8) is 0 Å². The summed E-state index contributed by atoms with van der Waals surface area (Å²) in [5.74, 6) is 0. The zero-order chi connectivity index (χ0) is 24.6. The molecule has 4 heterocycles. The molecule has 1 amide bonds. The molecule has 0 spiro atoms. The Labute approximate surface area is 223 Å². The Morgan fingerprint density at radius 3 is 2.75 bits per heavy atom. The molecule has 2 aromatic carbocycles. The summed E-state index contributed by atoms with van der Waals surface area (Å²) in [6, 6.07) is 12.1. The Morgan fingerprint density at radius 1 is 1.17 bits per heavy atom. The van der Waals surface area contributed by atoms with E-state index in [9.17, 15) is 4.79 Å². The summed E-state index contributed by atoms with van der Waals surface area (Å²) in [5.41, 5.74) is 6.75. The maximum absolute atomic E-state index is 13.4. The van der Waals surface area contributed by atoms with Crippen molar-refractivity contribution in [2.75, 3.05) is 13.1 Å². The lowest BCUT2D eigenvalue weighted by Crippen LogP contribution is -2.34. The largest absolute Gasteiger partial charge is 0.372 e. The number of benzene rings is 2. The van der Waals surface area contributed by atoms with E-state index in [2.05, 4.69) is 39.5 Å². The number of carbonyl (C=O) groups is 1. The van der Waals surface area contributed by atoms with Crippen LogP contribution in [0.2, 0.25) is 9.49 Å². The number of halogens is 2. The van der Waals surface area contributed by atoms with Gasteiger partial charge in [-0.05, 0) is 46.5 Å². The molecule has 6 rings (SSSR count). The Bertz CT molecular complexity index is 1480. The second-order valence-electron chi connectivity index (χ2n) is 9.07. The average molecular weight is 539 g/mol. The van der Waals surface area contributed by atoms with E-state index in [1.165, 1.54) is 22.5 Å². The Morgan fingerprint density at radius 2 is 1.97 bits per heavy atom. The molecule has 6 nitrogen and oxygen atoms in total. The lowest BCUT2D eigenvalue weighted by Gasteiger charge is -2.27. The lowest BCUT2D eigenvalue weighted by atomic mass is 10.0. The second kappa shape index (κ2) is 10.00. The van der Waals surface area contributed by atoms with Crippen molar-refractivity contribution < 1.29 is 9.53 Å². The molecule has 2 aliphatic rings. The summed E-state index contributed by atoms with van der Waals surface area (Å²) >= 11 is 13.3. The highest BCUT2D eigenvalue weighted by Crippen LogP contribution is 2.35. The highest BCUT2D eigenvalue weighted by molar-refractivity contribution is 7.15. The number of carbonyl (C=O) groups excluding carboxylic acids is 1. The molecule has 36 heavy (non-hydrogen) atoms. The van der Waals surface area contributed by atoms with Crippen molar-refractivity contribution in [3.8, 4) is 0 Å². The normalized spacial score (nSPS) is 15.5. The van der Waals surface area contributed by atoms with Gasteiger partial charge < -0.3 is 10.1 Å². The maximum atomic E-state index is 13.4. The van der Waals surface area contributed by atoms with Crippen molar-refractivity contribution in [1.29, 1.82) is 0 Å². The SMILES string of the molecule is O=C(NCc1cnc(Cl)s1)n1c2c(c3cc4c(cc31)COC4)CN(C/C=C/c1ccc(Cl)cc1)CC2. The van der Waals surface area contributed by atoms with Gasteiger partial charge in [0.05, 0.1) is 25.3 Å². The van der Waals surface area contributed by atoms with Crippen LogP contribution in [-0.2, 0) is 37.5 Å². The Kier molecular flexibility index (Phi) is 6.58. The molecule has 0 saturated heterocycles. The molecule has 9 heteroatoms. The van der Waals surface area contributed by atoms with Crippen molar-refractivity contribution >= 4 is 57.5 Å². The molecule has 0 saturated carbocycles. The van der Waals surface area contributed by atoms with Gasteiger partial charge in [-0.1, -0.05) is 47.5 Å². The molecule has 184 valence electrons. The van der Waals surface area contributed by atoms with Crippen LogP contribution in [-0.4, -0.2) is 33.6 Å². The number of amides is 1. The summed E-state index contributed by atoms with van der Waals surface area (Å²) in [6.07, 6.45) is 6.82. The fourth-order valence-corrected chi connectivity index (χ4v) is 6.03. The minimum absolute atomic E-state index is 0.124. The van der Waals surface area contributed by atoms with Crippen LogP contribution in [0, 0.1) is 0 Å². The van der Waals surface area contributed by atoms with Crippen LogP contribution in [0.1, 0.15) is 32.8 Å². The smallest absolute Gasteiger partial charge is 0.326 e. The van der Waals surface area contributed by atoms with Crippen LogP contribution in [0.15, 0.2) is 48.7 Å². The fourth-order valence-electron chi connectivity index (χ4n) is 4.99. The molecule has 0 bridgehead atoms. The van der Waals surface area contributed by atoms with Crippen molar-refractivity contribution in [2.45, 2.75) is 32.7 Å². The predicted molar refractivity (Wildman–Crippen MR) is 145 cm³/mol. The van der Waals surface area contributed by atoms with E-state index in [-0.39, 0.29) is 6.03 Å². The highest BCUT2D eigenvalue weighted by atomic mass is 35.5. The number of hydrogen-bond acceptors (Lipinski definition) is 5. The average Bonchev–Trinajstić information content (AvgIpc) is 3.59. The molecule has 0 radical (unpaired) electrons. The first kappa shape index (κ1) is 23.7. The number of nitrogens with one attached hydrogen (secondary N) is 1. The van der Waals surface area contributed by atoms with Gasteiger partial charge in [-0.25, -0.2) is 9.78 Å². The molecule has 1 N–H and O–H groups in total. The second-order valence-corrected chi connectivity index (χ2v) is 11.2. The minimum atomic E-state index is -0.124. The van der Waals surface area contributed by atoms with Crippen molar-refractivity contribution in [1.82, 2.24) is 19.8 Å². The van der Waals surface area contributed by atoms with Crippen LogP contribution >= 0.6 is 34.5 Å². The third-order valence-electron chi connectivity index (χ3n) is 6.75. The zero-order valence-corrected chi connectivity index (χ0v) is 21.8. The van der Waals surface area contributed by atoms with Gasteiger partial charge in [-0.3, -0.25) is 9.47 Å². The van der Waals surface area contributed by atoms with E-state index in [4.69, 9.17) is 27.9 Å². The van der Waals surface area contributed by atoms with Crippen molar-refractivity contribution in [3.05, 3.63) is 91.0 Å². The standard InChI is InChI=1S/C27H24Cl2N4O2S/c28-20-5-3-17(4-6-20)2-1-8-32-9-7-24-23(14-32)22-10-18-15-35-16-19(18)11-25(22)33(24)27(34)31-13-21-12-30-26(29)36-21/h1-6,10-12H,7-9,13-16H2,(H,31,34)/b2-1+. The fraction of sp³-hybridized carbons (Fsp3) is 0.259. The van der Waals surface area contributed by atoms with Crippen LogP contribution in [0.3, 0.4) is 0 Å². The van der Waals surface area contributed by atoms with Gasteiger partial charge in [0.1, 0.15) is 0 Å². The van der Waals surface area contributed by atoms with E-state index < -0.39 is 0 Å². The molecule has 0 unspecified atom stereocenters. The summed E-state index contributed by atoms with van der Waals surface area (Å²) < 4.78 is 8.02. The third-order valence-corrected chi connectivity index (χ3v) is 8.12. The number of ether oxygens (including phenoxy) is 1. The van der Waals surface area contributed by atoms with E-state index in [1.807, 2.05) is 28.8 Å². The number of thiazole rings is 1. The van der Waals surface area contributed by atoms with Crippen LogP contribution in [0.25, 0.3) is 17.0 Å². The van der Waals surface area contributed by atoms with Gasteiger partial charge in [0, 0.05) is 53.2 Å². The number of hydrogen-bond donors (Lipinski definition) is 1. The Hall–Kier alpha value is -2.68. The van der Waals surface area contributed by atoms with E-state index in [0.29, 0.717) is 24.2 Å². The van der Waals surface area contributed by atoms with E-state index >= 15 is 0 Å². The summed E-state index contributed by atoms with van der Waals surface area (Å²) in [6.45, 7) is 4.12. The van der Waals surface area contributed by atoms with Crippen LogP contribution in [0.4, 0.5) is 4.79 Å². The molecule has 0 atom stereocenters. The molecular formula is C27H24Cl2N4O2S. The number of fused-ring (bicyclic) bond motifs is 4. The van der Waals surface area contributed by atoms with Gasteiger partial charge in [-0.15, -0.1) is 11.3 Å². The number of nitrogens with zero attached hydrogens (tertiary/aromatic N) is 3. The lowest BCUT2D eigenvalue weighted by molar-refractivity contribution is 0.134. The Balaban J connectivity index is 1.27. The van der Waals surface area contributed by atoms with E-state index in [0.717, 1.165) is 63.7 Å². The first-order valence-electron chi connectivity index (χ1n) is 11.8. The van der Waals surface area contributed by atoms with Crippen LogP contribution in [0.5, 0.6) is 0 Å². The molecule has 2 aromatic heterocycles. The quantitative estimate of drug-likeness (QED) is 0.325. The highest BCUT2D eigenvalue weighted by Gasteiger charge is 2.28. The maximum Gasteiger partial charge on any atom is 0.326 e. The molecule has 0 fully saturated rings. The topological polar surface area (TPSA) is 59.4 Å².